The molecule has 0 spiro atoms. The predicted molar refractivity (Wildman–Crippen MR) is 119 cm³/mol. The molecule has 0 aromatic heterocycles. The lowest BCUT2D eigenvalue weighted by Gasteiger charge is -2.31. The standard InChI is InChI=1S/C23H28Cl2N2O2/c1-3-13-26-23(29)21(4-2)27(14-12-17-8-6-5-7-9-17)22(28)15-18-10-11-19(24)16-20(18)25/h5-11,16,21H,3-4,12-15H2,1-2H3,(H,26,29). The second-order valence-corrected chi connectivity index (χ2v) is 7.79. The maximum absolute atomic E-state index is 13.2. The van der Waals surface area contributed by atoms with Gasteiger partial charge in [0, 0.05) is 23.1 Å². The molecule has 156 valence electrons. The Morgan fingerprint density at radius 2 is 1.79 bits per heavy atom. The van der Waals surface area contributed by atoms with Gasteiger partial charge in [0.15, 0.2) is 0 Å². The molecular weight excluding hydrogens is 407 g/mol. The van der Waals surface area contributed by atoms with Gasteiger partial charge in [0.25, 0.3) is 0 Å². The van der Waals surface area contributed by atoms with E-state index in [0.29, 0.717) is 41.5 Å². The first-order valence-corrected chi connectivity index (χ1v) is 10.8. The van der Waals surface area contributed by atoms with Crippen LogP contribution >= 0.6 is 23.2 Å². The normalized spacial score (nSPS) is 11.7. The molecule has 0 saturated heterocycles. The number of nitrogens with one attached hydrogen (secondary N) is 1. The molecule has 0 fully saturated rings. The van der Waals surface area contributed by atoms with Crippen molar-refractivity contribution in [1.82, 2.24) is 10.2 Å². The Bertz CT molecular complexity index is 812. The number of halogens is 2. The zero-order valence-corrected chi connectivity index (χ0v) is 18.5. The summed E-state index contributed by atoms with van der Waals surface area (Å²) in [6, 6.07) is 14.6. The molecule has 6 heteroatoms. The Kier molecular flexibility index (Phi) is 9.49. The molecule has 0 aliphatic heterocycles. The van der Waals surface area contributed by atoms with Crippen LogP contribution in [0.3, 0.4) is 0 Å². The maximum Gasteiger partial charge on any atom is 0.242 e. The highest BCUT2D eigenvalue weighted by Crippen LogP contribution is 2.22. The third-order valence-corrected chi connectivity index (χ3v) is 5.36. The van der Waals surface area contributed by atoms with Crippen LogP contribution in [0.1, 0.15) is 37.8 Å². The van der Waals surface area contributed by atoms with E-state index in [0.717, 1.165) is 12.0 Å². The van der Waals surface area contributed by atoms with Gasteiger partial charge in [-0.3, -0.25) is 9.59 Å². The third-order valence-electron chi connectivity index (χ3n) is 4.78. The molecule has 2 aromatic carbocycles. The van der Waals surface area contributed by atoms with Gasteiger partial charge in [-0.15, -0.1) is 0 Å². The van der Waals surface area contributed by atoms with Crippen LogP contribution in [0.5, 0.6) is 0 Å². The van der Waals surface area contributed by atoms with Gasteiger partial charge in [-0.25, -0.2) is 0 Å². The number of nitrogens with zero attached hydrogens (tertiary/aromatic N) is 1. The Labute approximate surface area is 183 Å². The van der Waals surface area contributed by atoms with Crippen LogP contribution in [-0.2, 0) is 22.4 Å². The van der Waals surface area contributed by atoms with Crippen molar-refractivity contribution in [3.8, 4) is 0 Å². The molecule has 0 aliphatic rings. The number of hydrogen-bond acceptors (Lipinski definition) is 2. The highest BCUT2D eigenvalue weighted by molar-refractivity contribution is 6.35. The van der Waals surface area contributed by atoms with E-state index >= 15 is 0 Å². The second kappa shape index (κ2) is 11.8. The number of hydrogen-bond donors (Lipinski definition) is 1. The smallest absolute Gasteiger partial charge is 0.242 e. The molecule has 0 bridgehead atoms. The summed E-state index contributed by atoms with van der Waals surface area (Å²) >= 11 is 12.2. The fourth-order valence-corrected chi connectivity index (χ4v) is 3.67. The SMILES string of the molecule is CCCNC(=O)C(CC)N(CCc1ccccc1)C(=O)Cc1ccc(Cl)cc1Cl. The van der Waals surface area contributed by atoms with Crippen molar-refractivity contribution < 1.29 is 9.59 Å². The van der Waals surface area contributed by atoms with Gasteiger partial charge in [-0.2, -0.15) is 0 Å². The zero-order chi connectivity index (χ0) is 21.2. The highest BCUT2D eigenvalue weighted by atomic mass is 35.5. The van der Waals surface area contributed by atoms with Gasteiger partial charge in [-0.05, 0) is 42.5 Å². The second-order valence-electron chi connectivity index (χ2n) is 6.95. The van der Waals surface area contributed by atoms with Crippen molar-refractivity contribution in [3.05, 3.63) is 69.7 Å². The van der Waals surface area contributed by atoms with Gasteiger partial charge >= 0.3 is 0 Å². The van der Waals surface area contributed by atoms with Gasteiger partial charge < -0.3 is 10.2 Å². The largest absolute Gasteiger partial charge is 0.354 e. The Morgan fingerprint density at radius 3 is 2.41 bits per heavy atom. The molecule has 0 radical (unpaired) electrons. The number of benzene rings is 2. The van der Waals surface area contributed by atoms with Crippen molar-refractivity contribution in [2.45, 2.75) is 45.6 Å². The van der Waals surface area contributed by atoms with Gasteiger partial charge in [0.1, 0.15) is 6.04 Å². The van der Waals surface area contributed by atoms with Crippen LogP contribution in [0, 0.1) is 0 Å². The fraction of sp³-hybridized carbons (Fsp3) is 0.391. The number of rotatable bonds is 10. The van der Waals surface area contributed by atoms with Crippen molar-refractivity contribution in [3.63, 3.8) is 0 Å². The summed E-state index contributed by atoms with van der Waals surface area (Å²) in [7, 11) is 0. The maximum atomic E-state index is 13.2. The minimum Gasteiger partial charge on any atom is -0.354 e. The first-order chi connectivity index (χ1) is 14.0. The molecule has 1 atom stereocenters. The topological polar surface area (TPSA) is 49.4 Å². The van der Waals surface area contributed by atoms with Gasteiger partial charge in [-0.1, -0.05) is 73.4 Å². The molecule has 2 aromatic rings. The van der Waals surface area contributed by atoms with Crippen LogP contribution in [0.2, 0.25) is 10.0 Å². The Morgan fingerprint density at radius 1 is 1.07 bits per heavy atom. The monoisotopic (exact) mass is 434 g/mol. The summed E-state index contributed by atoms with van der Waals surface area (Å²) in [6.45, 7) is 4.99. The number of carbonyl (C=O) groups is 2. The predicted octanol–water partition coefficient (Wildman–Crippen LogP) is 4.91. The van der Waals surface area contributed by atoms with E-state index in [2.05, 4.69) is 5.32 Å². The summed E-state index contributed by atoms with van der Waals surface area (Å²) in [5, 5.41) is 3.90. The van der Waals surface area contributed by atoms with Crippen LogP contribution in [0.15, 0.2) is 48.5 Å². The van der Waals surface area contributed by atoms with E-state index in [4.69, 9.17) is 23.2 Å². The Hall–Kier alpha value is -2.04. The van der Waals surface area contributed by atoms with E-state index in [9.17, 15) is 9.59 Å². The summed E-state index contributed by atoms with van der Waals surface area (Å²) in [4.78, 5) is 27.6. The van der Waals surface area contributed by atoms with E-state index in [1.165, 1.54) is 0 Å². The third kappa shape index (κ3) is 7.06. The van der Waals surface area contributed by atoms with E-state index in [1.54, 1.807) is 23.1 Å². The minimum absolute atomic E-state index is 0.113. The summed E-state index contributed by atoms with van der Waals surface area (Å²) in [5.41, 5.74) is 1.83. The van der Waals surface area contributed by atoms with Gasteiger partial charge in [0.2, 0.25) is 11.8 Å². The highest BCUT2D eigenvalue weighted by Gasteiger charge is 2.28. The lowest BCUT2D eigenvalue weighted by Crippen LogP contribution is -2.50. The molecule has 29 heavy (non-hydrogen) atoms. The molecule has 1 N–H and O–H groups in total. The summed E-state index contributed by atoms with van der Waals surface area (Å²) < 4.78 is 0. The fourth-order valence-electron chi connectivity index (χ4n) is 3.19. The lowest BCUT2D eigenvalue weighted by atomic mass is 10.1. The minimum atomic E-state index is -0.510. The molecule has 4 nitrogen and oxygen atoms in total. The summed E-state index contributed by atoms with van der Waals surface area (Å²) in [5.74, 6) is -0.235. The van der Waals surface area contributed by atoms with Crippen LogP contribution < -0.4 is 5.32 Å². The molecule has 0 saturated carbocycles. The Balaban J connectivity index is 2.21. The van der Waals surface area contributed by atoms with E-state index < -0.39 is 6.04 Å². The van der Waals surface area contributed by atoms with Gasteiger partial charge in [0.05, 0.1) is 6.42 Å². The number of carbonyl (C=O) groups excluding carboxylic acids is 2. The van der Waals surface area contributed by atoms with Crippen LogP contribution in [0.25, 0.3) is 0 Å². The van der Waals surface area contributed by atoms with Crippen molar-refractivity contribution >= 4 is 35.0 Å². The average Bonchev–Trinajstić information content (AvgIpc) is 2.72. The van der Waals surface area contributed by atoms with E-state index in [-0.39, 0.29) is 18.2 Å². The molecule has 0 aliphatic carbocycles. The molecule has 2 amide bonds. The lowest BCUT2D eigenvalue weighted by molar-refractivity contribution is -0.140. The van der Waals surface area contributed by atoms with Crippen molar-refractivity contribution in [1.29, 1.82) is 0 Å². The quantitative estimate of drug-likeness (QED) is 0.577. The van der Waals surface area contributed by atoms with Crippen LogP contribution in [0.4, 0.5) is 0 Å². The molecule has 1 unspecified atom stereocenters. The average molecular weight is 435 g/mol. The zero-order valence-electron chi connectivity index (χ0n) is 17.0. The van der Waals surface area contributed by atoms with Crippen LogP contribution in [-0.4, -0.2) is 35.8 Å². The first-order valence-electron chi connectivity index (χ1n) is 10.0. The molecule has 2 rings (SSSR count). The van der Waals surface area contributed by atoms with E-state index in [1.807, 2.05) is 44.2 Å². The van der Waals surface area contributed by atoms with Crippen molar-refractivity contribution in [2.24, 2.45) is 0 Å². The summed E-state index contributed by atoms with van der Waals surface area (Å²) in [6.07, 6.45) is 2.20. The number of amides is 2. The first kappa shape index (κ1) is 23.2. The van der Waals surface area contributed by atoms with Crippen molar-refractivity contribution in [2.75, 3.05) is 13.1 Å². The molecular formula is C23H28Cl2N2O2. The molecule has 0 heterocycles.